The van der Waals surface area contributed by atoms with Crippen molar-refractivity contribution in [1.82, 2.24) is 0 Å². The van der Waals surface area contributed by atoms with E-state index in [0.29, 0.717) is 0 Å². The van der Waals surface area contributed by atoms with Crippen molar-refractivity contribution >= 4 is 29.8 Å². The van der Waals surface area contributed by atoms with Crippen LogP contribution >= 0.6 is 0 Å². The fraction of sp³-hybridized carbons (Fsp3) is 0.773. The minimum atomic E-state index is -1.25. The number of hydrogen-bond acceptors (Lipinski definition) is 13. The van der Waals surface area contributed by atoms with Crippen LogP contribution in [0.5, 0.6) is 0 Å². The van der Waals surface area contributed by atoms with E-state index in [-0.39, 0.29) is 19.8 Å². The molecule has 1 aliphatic heterocycles. The van der Waals surface area contributed by atoms with Crippen LogP contribution in [0.15, 0.2) is 0 Å². The summed E-state index contributed by atoms with van der Waals surface area (Å²) in [6.07, 6.45) is -7.11. The second-order valence-corrected chi connectivity index (χ2v) is 7.91. The second-order valence-electron chi connectivity index (χ2n) is 7.91. The highest BCUT2D eigenvalue weighted by Crippen LogP contribution is 2.30. The van der Waals surface area contributed by atoms with Crippen molar-refractivity contribution in [3.8, 4) is 0 Å². The van der Waals surface area contributed by atoms with E-state index < -0.39 is 72.8 Å². The van der Waals surface area contributed by atoms with Crippen molar-refractivity contribution in [1.29, 1.82) is 0 Å². The minimum Gasteiger partial charge on any atom is -0.463 e. The summed E-state index contributed by atoms with van der Waals surface area (Å²) in [4.78, 5) is 57.5. The van der Waals surface area contributed by atoms with Gasteiger partial charge in [0, 0.05) is 34.6 Å². The number of ether oxygens (including phenoxy) is 8. The molecule has 0 aromatic heterocycles. The molecule has 0 aromatic carbocycles. The summed E-state index contributed by atoms with van der Waals surface area (Å²) in [5.41, 5.74) is 0. The van der Waals surface area contributed by atoms with Gasteiger partial charge < -0.3 is 37.9 Å². The van der Waals surface area contributed by atoms with Crippen LogP contribution in [0.1, 0.15) is 48.5 Å². The average Bonchev–Trinajstić information content (AvgIpc) is 2.72. The number of carbonyl (C=O) groups is 5. The molecule has 1 saturated heterocycles. The van der Waals surface area contributed by atoms with Gasteiger partial charge in [-0.3, -0.25) is 24.0 Å². The molecule has 35 heavy (non-hydrogen) atoms. The molecule has 1 heterocycles. The fourth-order valence-corrected chi connectivity index (χ4v) is 3.28. The van der Waals surface area contributed by atoms with Gasteiger partial charge in [-0.1, -0.05) is 0 Å². The van der Waals surface area contributed by atoms with E-state index in [4.69, 9.17) is 37.9 Å². The predicted molar refractivity (Wildman–Crippen MR) is 115 cm³/mol. The van der Waals surface area contributed by atoms with Crippen LogP contribution in [0.25, 0.3) is 0 Å². The van der Waals surface area contributed by atoms with Crippen molar-refractivity contribution in [3.63, 3.8) is 0 Å². The molecular formula is C22H34O13. The normalized spacial score (nSPS) is 25.5. The smallest absolute Gasteiger partial charge is 0.303 e. The first-order valence-electron chi connectivity index (χ1n) is 11.0. The highest BCUT2D eigenvalue weighted by atomic mass is 16.7. The highest BCUT2D eigenvalue weighted by molar-refractivity contribution is 5.68. The quantitative estimate of drug-likeness (QED) is 0.204. The maximum absolute atomic E-state index is 11.9. The summed E-state index contributed by atoms with van der Waals surface area (Å²) >= 11 is 0. The lowest BCUT2D eigenvalue weighted by Crippen LogP contribution is -2.62. The zero-order valence-corrected chi connectivity index (χ0v) is 21.0. The van der Waals surface area contributed by atoms with Crippen LogP contribution in [0.4, 0.5) is 0 Å². The molecule has 13 heteroatoms. The number of hydrogen-bond donors (Lipinski definition) is 0. The zero-order valence-electron chi connectivity index (χ0n) is 21.0. The zero-order chi connectivity index (χ0) is 26.7. The topological polar surface area (TPSA) is 159 Å². The SMILES string of the molecule is CC(=O)OCC(C)OC(COC(C)=O)OC1C(COC(C)=O)OC(C)C(OC(C)=O)C1OC(C)=O. The molecular weight excluding hydrogens is 472 g/mol. The van der Waals surface area contributed by atoms with Crippen LogP contribution in [0.2, 0.25) is 0 Å². The predicted octanol–water partition coefficient (Wildman–Crippen LogP) is 0.443. The maximum Gasteiger partial charge on any atom is 0.303 e. The summed E-state index contributed by atoms with van der Waals surface area (Å²) in [5.74, 6) is -3.07. The fourth-order valence-electron chi connectivity index (χ4n) is 3.28. The highest BCUT2D eigenvalue weighted by Gasteiger charge is 2.50. The van der Waals surface area contributed by atoms with Crippen molar-refractivity contribution < 1.29 is 61.9 Å². The molecule has 0 radical (unpaired) electrons. The third kappa shape index (κ3) is 11.5. The van der Waals surface area contributed by atoms with Crippen LogP contribution in [-0.4, -0.2) is 92.6 Å². The maximum atomic E-state index is 11.9. The van der Waals surface area contributed by atoms with Gasteiger partial charge in [-0.15, -0.1) is 0 Å². The van der Waals surface area contributed by atoms with E-state index in [9.17, 15) is 24.0 Å². The molecule has 0 aromatic rings. The number of esters is 5. The molecule has 0 amide bonds. The van der Waals surface area contributed by atoms with E-state index in [2.05, 4.69) is 0 Å². The van der Waals surface area contributed by atoms with Crippen LogP contribution in [0, 0.1) is 0 Å². The van der Waals surface area contributed by atoms with Gasteiger partial charge in [0.25, 0.3) is 0 Å². The van der Waals surface area contributed by atoms with E-state index in [0.717, 1.165) is 6.92 Å². The molecule has 0 aliphatic carbocycles. The van der Waals surface area contributed by atoms with E-state index in [1.807, 2.05) is 0 Å². The molecule has 0 spiro atoms. The molecule has 1 aliphatic rings. The van der Waals surface area contributed by atoms with Crippen molar-refractivity contribution in [2.24, 2.45) is 0 Å². The molecule has 13 nitrogen and oxygen atoms in total. The van der Waals surface area contributed by atoms with Crippen molar-refractivity contribution in [2.45, 2.75) is 91.4 Å². The Morgan fingerprint density at radius 2 is 1.23 bits per heavy atom. The third-order valence-electron chi connectivity index (χ3n) is 4.56. The Bertz CT molecular complexity index is 752. The largest absolute Gasteiger partial charge is 0.463 e. The van der Waals surface area contributed by atoms with Gasteiger partial charge in [-0.25, -0.2) is 0 Å². The van der Waals surface area contributed by atoms with Crippen molar-refractivity contribution in [2.75, 3.05) is 19.8 Å². The molecule has 1 rings (SSSR count). The van der Waals surface area contributed by atoms with Gasteiger partial charge in [0.1, 0.15) is 32.0 Å². The first-order chi connectivity index (χ1) is 16.3. The monoisotopic (exact) mass is 506 g/mol. The molecule has 7 atom stereocenters. The summed E-state index contributed by atoms with van der Waals surface area (Å²) in [6, 6.07) is 0. The summed E-state index contributed by atoms with van der Waals surface area (Å²) in [5, 5.41) is 0. The first-order valence-corrected chi connectivity index (χ1v) is 11.0. The third-order valence-corrected chi connectivity index (χ3v) is 4.56. The Labute approximate surface area is 203 Å². The Morgan fingerprint density at radius 3 is 1.74 bits per heavy atom. The molecule has 7 unspecified atom stereocenters. The lowest BCUT2D eigenvalue weighted by molar-refractivity contribution is -0.296. The second kappa shape index (κ2) is 14.6. The minimum absolute atomic E-state index is 0.117. The lowest BCUT2D eigenvalue weighted by atomic mass is 9.95. The molecule has 0 bridgehead atoms. The van der Waals surface area contributed by atoms with Crippen LogP contribution < -0.4 is 0 Å². The number of rotatable bonds is 12. The first kappa shape index (κ1) is 30.3. The average molecular weight is 507 g/mol. The Balaban J connectivity index is 3.26. The summed E-state index contributed by atoms with van der Waals surface area (Å²) in [6.45, 7) is 8.38. The number of carbonyl (C=O) groups excluding carboxylic acids is 5. The van der Waals surface area contributed by atoms with Gasteiger partial charge in [0.15, 0.2) is 18.5 Å². The van der Waals surface area contributed by atoms with Gasteiger partial charge in [-0.2, -0.15) is 0 Å². The van der Waals surface area contributed by atoms with E-state index >= 15 is 0 Å². The van der Waals surface area contributed by atoms with Crippen molar-refractivity contribution in [3.05, 3.63) is 0 Å². The van der Waals surface area contributed by atoms with E-state index in [1.54, 1.807) is 13.8 Å². The van der Waals surface area contributed by atoms with Gasteiger partial charge in [0.05, 0.1) is 12.2 Å². The Hall–Kier alpha value is -2.77. The summed E-state index contributed by atoms with van der Waals surface area (Å²) in [7, 11) is 0. The molecule has 1 fully saturated rings. The van der Waals surface area contributed by atoms with E-state index in [1.165, 1.54) is 27.7 Å². The molecule has 200 valence electrons. The Kier molecular flexibility index (Phi) is 12.6. The lowest BCUT2D eigenvalue weighted by Gasteiger charge is -2.45. The van der Waals surface area contributed by atoms with Gasteiger partial charge in [0.2, 0.25) is 0 Å². The van der Waals surface area contributed by atoms with Crippen LogP contribution in [-0.2, 0) is 61.9 Å². The molecule has 0 N–H and O–H groups in total. The Morgan fingerprint density at radius 1 is 0.714 bits per heavy atom. The van der Waals surface area contributed by atoms with Gasteiger partial charge in [-0.05, 0) is 13.8 Å². The summed E-state index contributed by atoms with van der Waals surface area (Å²) < 4.78 is 43.4. The molecule has 0 saturated carbocycles. The standard InChI is InChI=1S/C22H34O13/c1-11(8-28-13(3)23)31-19(10-30-15(5)25)35-21-18(9-29-14(4)24)32-12(2)20(33-16(6)26)22(21)34-17(7)27/h11-12,18-22H,8-10H2,1-7H3. The van der Waals surface area contributed by atoms with Gasteiger partial charge >= 0.3 is 29.8 Å². The van der Waals surface area contributed by atoms with Crippen LogP contribution in [0.3, 0.4) is 0 Å².